The van der Waals surface area contributed by atoms with E-state index in [0.717, 1.165) is 48.8 Å². The first-order valence-electron chi connectivity index (χ1n) is 13.3. The van der Waals surface area contributed by atoms with Gasteiger partial charge in [-0.1, -0.05) is 92.8 Å². The van der Waals surface area contributed by atoms with Gasteiger partial charge in [0, 0.05) is 13.0 Å². The number of aryl methyl sites for hydroxylation is 1. The van der Waals surface area contributed by atoms with E-state index in [2.05, 4.69) is 13.0 Å². The van der Waals surface area contributed by atoms with Crippen LogP contribution < -0.4 is 0 Å². The summed E-state index contributed by atoms with van der Waals surface area (Å²) in [6.07, 6.45) is 5.35. The topological polar surface area (TPSA) is 79.7 Å². The van der Waals surface area contributed by atoms with Gasteiger partial charge in [0.15, 0.2) is 5.75 Å². The second-order valence-electron chi connectivity index (χ2n) is 9.71. The van der Waals surface area contributed by atoms with Crippen molar-refractivity contribution < 1.29 is 19.4 Å². The summed E-state index contributed by atoms with van der Waals surface area (Å²) in [6.45, 7) is 6.46. The average Bonchev–Trinajstić information content (AvgIpc) is 3.13. The fourth-order valence-electron chi connectivity index (χ4n) is 5.10. The van der Waals surface area contributed by atoms with E-state index < -0.39 is 5.97 Å². The Labute approximate surface area is 219 Å². The molecule has 6 nitrogen and oxygen atoms in total. The summed E-state index contributed by atoms with van der Waals surface area (Å²) in [5.74, 6) is -1.24. The lowest BCUT2D eigenvalue weighted by Crippen LogP contribution is -2.28. The first kappa shape index (κ1) is 26.4. The van der Waals surface area contributed by atoms with Gasteiger partial charge in [0.25, 0.3) is 5.91 Å². The maximum atomic E-state index is 13.9. The van der Waals surface area contributed by atoms with Gasteiger partial charge in [-0.3, -0.25) is 9.78 Å². The number of esters is 1. The highest BCUT2D eigenvalue weighted by Gasteiger charge is 2.43. The largest absolute Gasteiger partial charge is 0.505 e. The molecule has 1 unspecified atom stereocenters. The molecule has 3 aromatic rings. The molecule has 1 aliphatic rings. The number of carbonyl (C=O) groups excluding carboxylic acids is 2. The van der Waals surface area contributed by atoms with Crippen LogP contribution in [0.25, 0.3) is 0 Å². The predicted molar refractivity (Wildman–Crippen MR) is 144 cm³/mol. The normalized spacial score (nSPS) is 14.6. The standard InChI is InChI=1S/C31H36N2O4/c1-4-6-7-11-17-25-28-26(30(35)33(25)20-23-16-12-13-21(3)18-23)27(31(36)37-5-2)29(34)24(32-28)19-22-14-9-8-10-15-22/h8-10,12-16,18,25,34H,4-7,11,17,19-20H2,1-3H3. The molecule has 0 saturated carbocycles. The van der Waals surface area contributed by atoms with Crippen LogP contribution in [0.5, 0.6) is 5.75 Å². The fraction of sp³-hybridized carbons (Fsp3) is 0.387. The molecule has 0 aliphatic carbocycles. The molecule has 1 aliphatic heterocycles. The first-order valence-corrected chi connectivity index (χ1v) is 13.3. The molecule has 0 spiro atoms. The molecule has 6 heteroatoms. The van der Waals surface area contributed by atoms with Gasteiger partial charge in [0.1, 0.15) is 5.56 Å². The lowest BCUT2D eigenvalue weighted by atomic mass is 9.97. The monoisotopic (exact) mass is 500 g/mol. The Balaban J connectivity index is 1.81. The molecule has 4 rings (SSSR count). The van der Waals surface area contributed by atoms with Crippen LogP contribution in [0.2, 0.25) is 0 Å². The average molecular weight is 501 g/mol. The van der Waals surface area contributed by atoms with Gasteiger partial charge in [0.2, 0.25) is 0 Å². The van der Waals surface area contributed by atoms with Crippen LogP contribution in [0.4, 0.5) is 0 Å². The molecule has 1 amide bonds. The molecular formula is C31H36N2O4. The number of amides is 1. The lowest BCUT2D eigenvalue weighted by Gasteiger charge is -2.25. The van der Waals surface area contributed by atoms with Crippen LogP contribution in [0, 0.1) is 6.92 Å². The molecule has 1 atom stereocenters. The van der Waals surface area contributed by atoms with E-state index in [9.17, 15) is 14.7 Å². The van der Waals surface area contributed by atoms with E-state index >= 15 is 0 Å². The number of fused-ring (bicyclic) bond motifs is 1. The van der Waals surface area contributed by atoms with Crippen molar-refractivity contribution in [3.8, 4) is 5.75 Å². The summed E-state index contributed by atoms with van der Waals surface area (Å²) in [4.78, 5) is 33.7. The Hall–Kier alpha value is -3.67. The Bertz CT molecular complexity index is 1260. The molecule has 194 valence electrons. The Morgan fingerprint density at radius 1 is 1.03 bits per heavy atom. The molecule has 0 fully saturated rings. The van der Waals surface area contributed by atoms with Crippen LogP contribution in [0.1, 0.15) is 101 Å². The van der Waals surface area contributed by atoms with Crippen molar-refractivity contribution in [3.63, 3.8) is 0 Å². The zero-order valence-electron chi connectivity index (χ0n) is 22.0. The Morgan fingerprint density at radius 2 is 1.78 bits per heavy atom. The molecule has 1 aromatic heterocycles. The van der Waals surface area contributed by atoms with E-state index in [-0.39, 0.29) is 35.4 Å². The lowest BCUT2D eigenvalue weighted by molar-refractivity contribution is 0.0515. The van der Waals surface area contributed by atoms with Crippen LogP contribution in [-0.4, -0.2) is 33.5 Å². The van der Waals surface area contributed by atoms with E-state index in [0.29, 0.717) is 24.4 Å². The number of nitrogens with zero attached hydrogens (tertiary/aromatic N) is 2. The van der Waals surface area contributed by atoms with Gasteiger partial charge in [-0.25, -0.2) is 4.79 Å². The van der Waals surface area contributed by atoms with Gasteiger partial charge in [-0.15, -0.1) is 0 Å². The van der Waals surface area contributed by atoms with E-state index in [1.54, 1.807) is 6.92 Å². The van der Waals surface area contributed by atoms with Crippen LogP contribution in [-0.2, 0) is 17.7 Å². The number of rotatable bonds is 11. The number of aromatic nitrogens is 1. The van der Waals surface area contributed by atoms with Crippen molar-refractivity contribution in [1.82, 2.24) is 9.88 Å². The highest BCUT2D eigenvalue weighted by Crippen LogP contribution is 2.42. The quantitative estimate of drug-likeness (QED) is 0.239. The van der Waals surface area contributed by atoms with Crippen molar-refractivity contribution in [3.05, 3.63) is 93.8 Å². The second kappa shape index (κ2) is 12.0. The van der Waals surface area contributed by atoms with Crippen molar-refractivity contribution in [2.45, 2.75) is 71.9 Å². The SMILES string of the molecule is CCCCCCC1c2nc(Cc3ccccc3)c(O)c(C(=O)OCC)c2C(=O)N1Cc1cccc(C)c1. The number of pyridine rings is 1. The Morgan fingerprint density at radius 3 is 2.49 bits per heavy atom. The van der Waals surface area contributed by atoms with Crippen molar-refractivity contribution in [1.29, 1.82) is 0 Å². The number of ether oxygens (including phenoxy) is 1. The number of carbonyl (C=O) groups is 2. The summed E-state index contributed by atoms with van der Waals surface area (Å²) < 4.78 is 5.31. The molecule has 0 radical (unpaired) electrons. The number of hydrogen-bond donors (Lipinski definition) is 1. The van der Waals surface area contributed by atoms with Gasteiger partial charge >= 0.3 is 5.97 Å². The smallest absolute Gasteiger partial charge is 0.342 e. The minimum absolute atomic E-state index is 0.0620. The van der Waals surface area contributed by atoms with Gasteiger partial charge in [-0.2, -0.15) is 0 Å². The summed E-state index contributed by atoms with van der Waals surface area (Å²) in [7, 11) is 0. The van der Waals surface area contributed by atoms with E-state index in [1.807, 2.05) is 60.4 Å². The number of aromatic hydroxyl groups is 1. The zero-order chi connectivity index (χ0) is 26.4. The molecule has 0 saturated heterocycles. The van der Waals surface area contributed by atoms with Gasteiger partial charge in [0.05, 0.1) is 29.6 Å². The molecule has 0 bridgehead atoms. The van der Waals surface area contributed by atoms with Crippen LogP contribution >= 0.6 is 0 Å². The highest BCUT2D eigenvalue weighted by atomic mass is 16.5. The fourth-order valence-corrected chi connectivity index (χ4v) is 5.10. The maximum absolute atomic E-state index is 13.9. The summed E-state index contributed by atoms with van der Waals surface area (Å²) in [5, 5.41) is 11.2. The van der Waals surface area contributed by atoms with E-state index in [1.165, 1.54) is 0 Å². The minimum atomic E-state index is -0.691. The summed E-state index contributed by atoms with van der Waals surface area (Å²) in [5.41, 5.74) is 4.17. The second-order valence-corrected chi connectivity index (χ2v) is 9.71. The summed E-state index contributed by atoms with van der Waals surface area (Å²) in [6, 6.07) is 17.5. The van der Waals surface area contributed by atoms with Crippen molar-refractivity contribution in [2.75, 3.05) is 6.61 Å². The Kier molecular flexibility index (Phi) is 8.59. The first-order chi connectivity index (χ1) is 17.9. The summed E-state index contributed by atoms with van der Waals surface area (Å²) >= 11 is 0. The van der Waals surface area contributed by atoms with Gasteiger partial charge < -0.3 is 14.7 Å². The molecule has 1 N–H and O–H groups in total. The van der Waals surface area contributed by atoms with Crippen LogP contribution in [0.15, 0.2) is 54.6 Å². The third-order valence-electron chi connectivity index (χ3n) is 6.90. The van der Waals surface area contributed by atoms with Gasteiger partial charge in [-0.05, 0) is 31.4 Å². The number of hydrogen-bond acceptors (Lipinski definition) is 5. The van der Waals surface area contributed by atoms with Crippen LogP contribution in [0.3, 0.4) is 0 Å². The third-order valence-corrected chi connectivity index (χ3v) is 6.90. The van der Waals surface area contributed by atoms with Crippen molar-refractivity contribution in [2.24, 2.45) is 0 Å². The highest BCUT2D eigenvalue weighted by molar-refractivity contribution is 6.09. The molecule has 2 aromatic carbocycles. The predicted octanol–water partition coefficient (Wildman–Crippen LogP) is 6.53. The minimum Gasteiger partial charge on any atom is -0.505 e. The zero-order valence-corrected chi connectivity index (χ0v) is 22.0. The molecule has 37 heavy (non-hydrogen) atoms. The number of unbranched alkanes of at least 4 members (excludes halogenated alkanes) is 3. The van der Waals surface area contributed by atoms with Crippen molar-refractivity contribution >= 4 is 11.9 Å². The molecule has 2 heterocycles. The number of benzene rings is 2. The molecular weight excluding hydrogens is 464 g/mol. The maximum Gasteiger partial charge on any atom is 0.342 e. The van der Waals surface area contributed by atoms with E-state index in [4.69, 9.17) is 9.72 Å². The third kappa shape index (κ3) is 5.85.